The number of carbonyl (C=O) groups excluding carboxylic acids is 1. The van der Waals surface area contributed by atoms with Gasteiger partial charge < -0.3 is 9.64 Å². The lowest BCUT2D eigenvalue weighted by molar-refractivity contribution is -0.133. The number of carbonyl (C=O) groups is 1. The van der Waals surface area contributed by atoms with Crippen LogP contribution in [-0.2, 0) is 9.53 Å². The van der Waals surface area contributed by atoms with Crippen LogP contribution in [0.3, 0.4) is 0 Å². The average molecular weight is 333 g/mol. The molecule has 118 valence electrons. The van der Waals surface area contributed by atoms with Gasteiger partial charge in [-0.05, 0) is 25.1 Å². The van der Waals surface area contributed by atoms with Gasteiger partial charge in [-0.15, -0.1) is 0 Å². The third kappa shape index (κ3) is 8.05. The molecule has 2 heterocycles. The number of halogens is 2. The third-order valence-electron chi connectivity index (χ3n) is 2.51. The molecule has 0 radical (unpaired) electrons. The second-order valence-corrected chi connectivity index (χ2v) is 4.72. The van der Waals surface area contributed by atoms with Crippen molar-refractivity contribution in [3.63, 3.8) is 0 Å². The van der Waals surface area contributed by atoms with Crippen LogP contribution < -0.4 is 0 Å². The zero-order valence-corrected chi connectivity index (χ0v) is 14.2. The highest BCUT2D eigenvalue weighted by atomic mass is 35.5. The minimum absolute atomic E-state index is 0.000741. The van der Waals surface area contributed by atoms with Crippen molar-refractivity contribution in [1.82, 2.24) is 9.88 Å². The van der Waals surface area contributed by atoms with Gasteiger partial charge in [-0.1, -0.05) is 49.7 Å². The van der Waals surface area contributed by atoms with E-state index in [1.807, 2.05) is 20.8 Å². The SMILES string of the molecule is C=CC(=O)N1CCOCC1C.CC.Clc1cccc(Cl)n1. The maximum Gasteiger partial charge on any atom is 0.246 e. The summed E-state index contributed by atoms with van der Waals surface area (Å²) >= 11 is 10.9. The standard InChI is InChI=1S/C8H13NO2.C5H3Cl2N.C2H6/c1-3-8(10)9-4-5-11-6-7(9)2;6-4-2-1-3-5(7)8-4;1-2/h3,7H,1,4-6H2,2H3;1-3H;1-2H3. The molecule has 1 saturated heterocycles. The lowest BCUT2D eigenvalue weighted by Gasteiger charge is -2.32. The fraction of sp³-hybridized carbons (Fsp3) is 0.467. The van der Waals surface area contributed by atoms with E-state index in [-0.39, 0.29) is 11.9 Å². The molecule has 1 aromatic heterocycles. The second-order valence-electron chi connectivity index (χ2n) is 3.94. The van der Waals surface area contributed by atoms with E-state index in [0.29, 0.717) is 30.1 Å². The minimum Gasteiger partial charge on any atom is -0.377 e. The number of nitrogens with zero attached hydrogens (tertiary/aromatic N) is 2. The molecule has 0 aromatic carbocycles. The van der Waals surface area contributed by atoms with Crippen LogP contribution in [0, 0.1) is 0 Å². The van der Waals surface area contributed by atoms with Crippen LogP contribution in [0.4, 0.5) is 0 Å². The van der Waals surface area contributed by atoms with Crippen LogP contribution in [0.5, 0.6) is 0 Å². The molecule has 4 nitrogen and oxygen atoms in total. The summed E-state index contributed by atoms with van der Waals surface area (Å²) in [6.45, 7) is 11.4. The Hall–Kier alpha value is -1.10. The normalized spacial score (nSPS) is 16.8. The number of aromatic nitrogens is 1. The molecule has 1 aliphatic heterocycles. The van der Waals surface area contributed by atoms with E-state index in [1.54, 1.807) is 23.1 Å². The van der Waals surface area contributed by atoms with E-state index < -0.39 is 0 Å². The number of pyridine rings is 1. The van der Waals surface area contributed by atoms with Crippen molar-refractivity contribution in [2.24, 2.45) is 0 Å². The Morgan fingerprint density at radius 3 is 2.38 bits per heavy atom. The number of hydrogen-bond donors (Lipinski definition) is 0. The molecule has 0 bridgehead atoms. The van der Waals surface area contributed by atoms with Gasteiger partial charge in [0.1, 0.15) is 10.3 Å². The molecule has 1 unspecified atom stereocenters. The molecule has 1 amide bonds. The van der Waals surface area contributed by atoms with Crippen LogP contribution in [0.1, 0.15) is 20.8 Å². The molecule has 0 N–H and O–H groups in total. The summed E-state index contributed by atoms with van der Waals surface area (Å²) < 4.78 is 5.18. The third-order valence-corrected chi connectivity index (χ3v) is 2.93. The number of rotatable bonds is 1. The molecule has 0 aliphatic carbocycles. The Morgan fingerprint density at radius 2 is 2.00 bits per heavy atom. The van der Waals surface area contributed by atoms with Crippen LogP contribution >= 0.6 is 23.2 Å². The molecular formula is C15H22Cl2N2O2. The van der Waals surface area contributed by atoms with Crippen molar-refractivity contribution >= 4 is 29.1 Å². The monoisotopic (exact) mass is 332 g/mol. The van der Waals surface area contributed by atoms with E-state index in [9.17, 15) is 4.79 Å². The Balaban J connectivity index is 0.000000354. The first-order valence-corrected chi connectivity index (χ1v) is 7.59. The van der Waals surface area contributed by atoms with Gasteiger partial charge in [0.05, 0.1) is 19.3 Å². The van der Waals surface area contributed by atoms with Crippen LogP contribution in [0.25, 0.3) is 0 Å². The Morgan fingerprint density at radius 1 is 1.43 bits per heavy atom. The Bertz CT molecular complexity index is 424. The van der Waals surface area contributed by atoms with Gasteiger partial charge in [0.2, 0.25) is 5.91 Å². The summed E-state index contributed by atoms with van der Waals surface area (Å²) in [5.41, 5.74) is 0. The summed E-state index contributed by atoms with van der Waals surface area (Å²) in [6, 6.07) is 5.28. The maximum absolute atomic E-state index is 11.1. The van der Waals surface area contributed by atoms with Crippen LogP contribution in [0.2, 0.25) is 10.3 Å². The molecule has 6 heteroatoms. The van der Waals surface area contributed by atoms with Crippen molar-refractivity contribution in [3.8, 4) is 0 Å². The highest BCUT2D eigenvalue weighted by Crippen LogP contribution is 2.08. The Labute approximate surface area is 136 Å². The minimum atomic E-state index is 0.000741. The summed E-state index contributed by atoms with van der Waals surface area (Å²) in [7, 11) is 0. The van der Waals surface area contributed by atoms with E-state index in [1.165, 1.54) is 6.08 Å². The number of hydrogen-bond acceptors (Lipinski definition) is 3. The van der Waals surface area contributed by atoms with Gasteiger partial charge in [-0.2, -0.15) is 0 Å². The molecule has 1 aromatic rings. The zero-order chi connectivity index (χ0) is 16.3. The quantitative estimate of drug-likeness (QED) is 0.579. The molecule has 2 rings (SSSR count). The summed E-state index contributed by atoms with van der Waals surface area (Å²) in [6.07, 6.45) is 1.35. The number of morpholine rings is 1. The Kier molecular flexibility index (Phi) is 10.9. The van der Waals surface area contributed by atoms with Crippen molar-refractivity contribution in [1.29, 1.82) is 0 Å². The zero-order valence-electron chi connectivity index (χ0n) is 12.7. The largest absolute Gasteiger partial charge is 0.377 e. The predicted molar refractivity (Wildman–Crippen MR) is 87.8 cm³/mol. The van der Waals surface area contributed by atoms with Gasteiger partial charge in [0, 0.05) is 6.54 Å². The first-order chi connectivity index (χ1) is 10.0. The smallest absolute Gasteiger partial charge is 0.246 e. The van der Waals surface area contributed by atoms with E-state index >= 15 is 0 Å². The molecule has 1 fully saturated rings. The summed E-state index contributed by atoms with van der Waals surface area (Å²) in [5, 5.41) is 0.856. The highest BCUT2D eigenvalue weighted by Gasteiger charge is 2.21. The van der Waals surface area contributed by atoms with Gasteiger partial charge in [0.25, 0.3) is 0 Å². The first-order valence-electron chi connectivity index (χ1n) is 6.83. The first kappa shape index (κ1) is 19.9. The molecule has 0 spiro atoms. The van der Waals surface area contributed by atoms with Gasteiger partial charge in [-0.3, -0.25) is 4.79 Å². The summed E-state index contributed by atoms with van der Waals surface area (Å²) in [5.74, 6) is 0.000741. The highest BCUT2D eigenvalue weighted by molar-refractivity contribution is 6.32. The average Bonchev–Trinajstić information content (AvgIpc) is 2.49. The fourth-order valence-corrected chi connectivity index (χ4v) is 1.93. The van der Waals surface area contributed by atoms with Gasteiger partial charge in [0.15, 0.2) is 0 Å². The lowest BCUT2D eigenvalue weighted by atomic mass is 10.2. The van der Waals surface area contributed by atoms with E-state index in [0.717, 1.165) is 0 Å². The number of ether oxygens (including phenoxy) is 1. The molecule has 21 heavy (non-hydrogen) atoms. The lowest BCUT2D eigenvalue weighted by Crippen LogP contribution is -2.46. The van der Waals surface area contributed by atoms with Crippen molar-refractivity contribution in [3.05, 3.63) is 41.2 Å². The topological polar surface area (TPSA) is 42.4 Å². The number of amides is 1. The second kappa shape index (κ2) is 11.5. The van der Waals surface area contributed by atoms with Crippen molar-refractivity contribution in [2.45, 2.75) is 26.8 Å². The van der Waals surface area contributed by atoms with Crippen LogP contribution in [-0.4, -0.2) is 41.6 Å². The summed E-state index contributed by atoms with van der Waals surface area (Å²) in [4.78, 5) is 16.6. The van der Waals surface area contributed by atoms with E-state index in [2.05, 4.69) is 11.6 Å². The molecular weight excluding hydrogens is 311 g/mol. The van der Waals surface area contributed by atoms with Crippen molar-refractivity contribution in [2.75, 3.05) is 19.8 Å². The molecule has 1 atom stereocenters. The fourth-order valence-electron chi connectivity index (χ4n) is 1.56. The van der Waals surface area contributed by atoms with Gasteiger partial charge in [-0.25, -0.2) is 4.98 Å². The van der Waals surface area contributed by atoms with Crippen molar-refractivity contribution < 1.29 is 9.53 Å². The maximum atomic E-state index is 11.1. The van der Waals surface area contributed by atoms with Crippen LogP contribution in [0.15, 0.2) is 30.9 Å². The predicted octanol–water partition coefficient (Wildman–Crippen LogP) is 3.83. The molecule has 0 saturated carbocycles. The molecule has 1 aliphatic rings. The van der Waals surface area contributed by atoms with Gasteiger partial charge >= 0.3 is 0 Å². The van der Waals surface area contributed by atoms with E-state index in [4.69, 9.17) is 27.9 Å².